The van der Waals surface area contributed by atoms with Crippen LogP contribution in [0.15, 0.2) is 47.6 Å². The first-order chi connectivity index (χ1) is 28.9. The second-order valence-electron chi connectivity index (χ2n) is 18.4. The number of hydrogen-bond acceptors (Lipinski definition) is 12. The summed E-state index contributed by atoms with van der Waals surface area (Å²) in [4.78, 5) is 70.5. The van der Waals surface area contributed by atoms with E-state index >= 15 is 0 Å². The molecule has 4 rings (SSSR count). The Kier molecular flexibility index (Phi) is 19.3. The first kappa shape index (κ1) is 50.3. The molecule has 0 radical (unpaired) electrons. The smallest absolute Gasteiger partial charge is 0.329 e. The van der Waals surface area contributed by atoms with E-state index in [0.717, 1.165) is 18.4 Å². The van der Waals surface area contributed by atoms with Crippen LogP contribution in [-0.4, -0.2) is 119 Å². The number of ketones is 3. The predicted molar refractivity (Wildman–Crippen MR) is 230 cm³/mol. The minimum Gasteiger partial charge on any atom is -0.460 e. The van der Waals surface area contributed by atoms with Gasteiger partial charge in [0.05, 0.1) is 18.3 Å². The molecule has 3 N–H and O–H groups in total. The Balaban J connectivity index is 1.65. The third kappa shape index (κ3) is 13.6. The topological polar surface area (TPSA) is 186 Å². The largest absolute Gasteiger partial charge is 0.460 e. The van der Waals surface area contributed by atoms with Crippen molar-refractivity contribution in [2.24, 2.45) is 29.6 Å². The molecule has 1 unspecified atom stereocenters. The number of carbonyl (C=O) groups is 5. The van der Waals surface area contributed by atoms with E-state index < -0.39 is 71.8 Å². The van der Waals surface area contributed by atoms with Gasteiger partial charge in [0.1, 0.15) is 30.1 Å². The first-order valence-corrected chi connectivity index (χ1v) is 22.5. The highest BCUT2D eigenvalue weighted by molar-refractivity contribution is 6.39. The van der Waals surface area contributed by atoms with Crippen LogP contribution < -0.4 is 0 Å². The molecule has 61 heavy (non-hydrogen) atoms. The Morgan fingerprint density at radius 2 is 1.57 bits per heavy atom. The summed E-state index contributed by atoms with van der Waals surface area (Å²) in [6.07, 6.45) is 12.7. The molecule has 342 valence electrons. The van der Waals surface area contributed by atoms with Gasteiger partial charge in [0, 0.05) is 51.9 Å². The van der Waals surface area contributed by atoms with Gasteiger partial charge in [-0.2, -0.15) is 0 Å². The van der Waals surface area contributed by atoms with Crippen LogP contribution in [0.2, 0.25) is 0 Å². The summed E-state index contributed by atoms with van der Waals surface area (Å²) in [7, 11) is 2.95. The molecular weight excluding hydrogens is 783 g/mol. The number of allylic oxidation sites excluding steroid dienone is 6. The highest BCUT2D eigenvalue weighted by Crippen LogP contribution is 2.37. The average Bonchev–Trinajstić information content (AvgIpc) is 3.73. The Morgan fingerprint density at radius 3 is 2.25 bits per heavy atom. The number of carbonyl (C=O) groups excluding carboxylic acids is 5. The lowest BCUT2D eigenvalue weighted by molar-refractivity contribution is -0.265. The normalized spacial score (nSPS) is 39.6. The van der Waals surface area contributed by atoms with Crippen LogP contribution in [0.25, 0.3) is 0 Å². The quantitative estimate of drug-likeness (QED) is 0.169. The number of fused-ring (bicyclic) bond motifs is 3. The molecule has 13 nitrogen and oxygen atoms in total. The van der Waals surface area contributed by atoms with Crippen LogP contribution in [0.4, 0.5) is 0 Å². The molecule has 11 atom stereocenters. The predicted octanol–water partition coefficient (Wildman–Crippen LogP) is 5.92. The summed E-state index contributed by atoms with van der Waals surface area (Å²) >= 11 is 0. The number of Topliss-reactive ketones (excluding diaryl/α,β-unsaturated/α-hetero) is 3. The summed E-state index contributed by atoms with van der Waals surface area (Å²) < 4.78 is 23.6. The van der Waals surface area contributed by atoms with Gasteiger partial charge in [-0.1, -0.05) is 64.2 Å². The number of amides is 1. The van der Waals surface area contributed by atoms with Crippen LogP contribution in [-0.2, 0) is 42.9 Å². The van der Waals surface area contributed by atoms with Gasteiger partial charge in [0.2, 0.25) is 5.79 Å². The van der Waals surface area contributed by atoms with Crippen molar-refractivity contribution in [2.45, 2.75) is 173 Å². The average molecular weight is 856 g/mol. The lowest BCUT2D eigenvalue weighted by Crippen LogP contribution is -2.59. The maximum atomic E-state index is 14.1. The Labute approximate surface area is 363 Å². The number of cyclic esters (lactones) is 1. The number of aliphatic hydroxyl groups excluding tert-OH is 2. The molecule has 2 bridgehead atoms. The van der Waals surface area contributed by atoms with Gasteiger partial charge in [-0.3, -0.25) is 19.2 Å². The summed E-state index contributed by atoms with van der Waals surface area (Å²) in [6.45, 7) is 11.0. The highest BCUT2D eigenvalue weighted by Gasteiger charge is 2.53. The molecule has 1 aliphatic carbocycles. The molecule has 4 aliphatic rings. The number of nitrogens with zero attached hydrogens (tertiary/aromatic N) is 1. The van der Waals surface area contributed by atoms with Gasteiger partial charge in [0.15, 0.2) is 5.78 Å². The van der Waals surface area contributed by atoms with Crippen LogP contribution in [0, 0.1) is 29.6 Å². The maximum Gasteiger partial charge on any atom is 0.329 e. The van der Waals surface area contributed by atoms with Crippen LogP contribution in [0.3, 0.4) is 0 Å². The van der Waals surface area contributed by atoms with E-state index in [2.05, 4.69) is 0 Å². The summed E-state index contributed by atoms with van der Waals surface area (Å²) in [5.41, 5.74) is 1.29. The molecule has 3 aliphatic heterocycles. The van der Waals surface area contributed by atoms with E-state index in [9.17, 15) is 39.3 Å². The summed E-state index contributed by atoms with van der Waals surface area (Å²) in [5.74, 6) is -7.14. The van der Waals surface area contributed by atoms with Crippen molar-refractivity contribution >= 4 is 29.2 Å². The lowest BCUT2D eigenvalue weighted by Gasteiger charge is -2.41. The second-order valence-corrected chi connectivity index (χ2v) is 18.4. The summed E-state index contributed by atoms with van der Waals surface area (Å²) in [5, 5.41) is 33.2. The van der Waals surface area contributed by atoms with Crippen molar-refractivity contribution in [1.82, 2.24) is 4.90 Å². The fourth-order valence-corrected chi connectivity index (χ4v) is 9.28. The number of esters is 1. The molecule has 0 spiro atoms. The number of aliphatic hydroxyl groups is 3. The molecule has 0 aromatic carbocycles. The van der Waals surface area contributed by atoms with E-state index in [0.29, 0.717) is 56.9 Å². The van der Waals surface area contributed by atoms with Gasteiger partial charge in [-0.25, -0.2) is 4.79 Å². The summed E-state index contributed by atoms with van der Waals surface area (Å²) in [6, 6.07) is -1.10. The molecule has 2 saturated heterocycles. The Hall–Kier alpha value is -3.33. The van der Waals surface area contributed by atoms with Crippen LogP contribution in [0.5, 0.6) is 0 Å². The number of hydrogen-bond donors (Lipinski definition) is 3. The minimum atomic E-state index is -2.41. The van der Waals surface area contributed by atoms with E-state index in [1.54, 1.807) is 34.0 Å². The fourth-order valence-electron chi connectivity index (χ4n) is 9.28. The van der Waals surface area contributed by atoms with Crippen molar-refractivity contribution in [3.63, 3.8) is 0 Å². The van der Waals surface area contributed by atoms with Crippen molar-refractivity contribution in [3.05, 3.63) is 47.6 Å². The van der Waals surface area contributed by atoms with Crippen molar-refractivity contribution in [3.8, 4) is 0 Å². The molecular formula is C48H73NO12. The fraction of sp³-hybridized carbons (Fsp3) is 0.729. The molecule has 0 aromatic rings. The third-order valence-corrected chi connectivity index (χ3v) is 13.5. The third-order valence-electron chi connectivity index (χ3n) is 13.5. The zero-order valence-corrected chi connectivity index (χ0v) is 37.8. The number of ether oxygens (including phenoxy) is 4. The SMILES string of the molecule is CO[C@H]1C[C@@H]2CC[C@@H](C)[C@@](O)(O2)C(=O)C(=O)N2CCCC2C(=O)O[C@H]([C@H](C)C[C@H]2CC[C@H](O)CC2)CC(=O)[C@H](C)/C=C(\C)[C@@H](O)[C@@H](OC)C(=O)CC[C@H](C)/C=C/C=C/C=C/1C. The molecule has 0 aromatic heterocycles. The minimum absolute atomic E-state index is 0.0510. The van der Waals surface area contributed by atoms with E-state index in [1.165, 1.54) is 12.0 Å². The standard InChI is InChI=1S/C48H73NO12/c1-29-13-10-9-11-14-30(2)41(58-7)27-37-22-17-34(6)48(57,61-37)45(54)46(55)49-24-12-15-38(49)47(56)60-42(32(4)26-35-18-20-36(50)21-19-35)28-40(52)31(3)25-33(5)43(53)44(59-8)39(51)23-16-29/h9-11,13-14,25,29,31-32,34-38,41-44,50,53,57H,12,15-24,26-28H2,1-8H3/b11-9+,13-10+,30-14+,33-25+/t29-,31-,32-,34-,35-,36-,37+,38?,41+,42+,43-,44+,48-/m1/s1. The molecule has 1 saturated carbocycles. The van der Waals surface area contributed by atoms with Crippen molar-refractivity contribution < 1.29 is 58.2 Å². The van der Waals surface area contributed by atoms with E-state index in [-0.39, 0.29) is 61.2 Å². The van der Waals surface area contributed by atoms with Gasteiger partial charge in [0.25, 0.3) is 11.7 Å². The van der Waals surface area contributed by atoms with E-state index in [4.69, 9.17) is 18.9 Å². The van der Waals surface area contributed by atoms with Crippen LogP contribution >= 0.6 is 0 Å². The zero-order valence-electron chi connectivity index (χ0n) is 37.8. The lowest BCUT2D eigenvalue weighted by atomic mass is 9.79. The van der Waals surface area contributed by atoms with Gasteiger partial charge in [-0.15, -0.1) is 0 Å². The highest BCUT2D eigenvalue weighted by atomic mass is 16.6. The van der Waals surface area contributed by atoms with Crippen molar-refractivity contribution in [1.29, 1.82) is 0 Å². The second kappa shape index (κ2) is 23.4. The van der Waals surface area contributed by atoms with Crippen molar-refractivity contribution in [2.75, 3.05) is 20.8 Å². The molecule has 13 heteroatoms. The number of rotatable bonds is 5. The Morgan fingerprint density at radius 1 is 0.869 bits per heavy atom. The zero-order chi connectivity index (χ0) is 45.0. The van der Waals surface area contributed by atoms with Crippen LogP contribution in [0.1, 0.15) is 125 Å². The van der Waals surface area contributed by atoms with Gasteiger partial charge in [-0.05, 0) is 107 Å². The Bertz CT molecular complexity index is 1640. The van der Waals surface area contributed by atoms with Gasteiger partial charge >= 0.3 is 5.97 Å². The molecule has 3 fully saturated rings. The van der Waals surface area contributed by atoms with E-state index in [1.807, 2.05) is 51.2 Å². The number of methoxy groups -OCH3 is 2. The monoisotopic (exact) mass is 856 g/mol. The molecule has 1 amide bonds. The maximum absolute atomic E-state index is 14.1. The first-order valence-electron chi connectivity index (χ1n) is 22.5. The molecule has 3 heterocycles. The van der Waals surface area contributed by atoms with Gasteiger partial charge < -0.3 is 39.2 Å².